The van der Waals surface area contributed by atoms with E-state index >= 15 is 0 Å². The number of hydrogen-bond acceptors (Lipinski definition) is 6. The smallest absolute Gasteiger partial charge is 0.410 e. The lowest BCUT2D eigenvalue weighted by Gasteiger charge is -2.36. The standard InChI is InChI=1S/C24H29N3O6/c1-24(2,3)33-23(31)27-14-12-26(13-15-27)19-8-4-17(5-9-19)22(30)25-18-6-10-20(11-7-18)32-16-21(28)29/h4-11H,12-16H2,1-3H3,(H,25,30)(H,28,29). The highest BCUT2D eigenvalue weighted by atomic mass is 16.6. The van der Waals surface area contributed by atoms with E-state index < -0.39 is 18.2 Å². The van der Waals surface area contributed by atoms with Gasteiger partial charge in [0.1, 0.15) is 11.4 Å². The van der Waals surface area contributed by atoms with Crippen molar-refractivity contribution < 1.29 is 29.0 Å². The Labute approximate surface area is 192 Å². The molecule has 0 spiro atoms. The minimum absolute atomic E-state index is 0.254. The first-order chi connectivity index (χ1) is 15.6. The Morgan fingerprint density at radius 2 is 1.55 bits per heavy atom. The van der Waals surface area contributed by atoms with Gasteiger partial charge in [0.2, 0.25) is 0 Å². The number of ether oxygens (including phenoxy) is 2. The van der Waals surface area contributed by atoms with E-state index in [9.17, 15) is 14.4 Å². The first kappa shape index (κ1) is 23.9. The van der Waals surface area contributed by atoms with E-state index in [4.69, 9.17) is 14.6 Å². The fourth-order valence-electron chi connectivity index (χ4n) is 3.28. The zero-order valence-corrected chi connectivity index (χ0v) is 19.0. The number of carboxylic acid groups (broad SMARTS) is 1. The molecule has 0 atom stereocenters. The number of carbonyl (C=O) groups excluding carboxylic acids is 2. The van der Waals surface area contributed by atoms with Crippen molar-refractivity contribution in [2.75, 3.05) is 43.0 Å². The van der Waals surface area contributed by atoms with Crippen molar-refractivity contribution in [1.29, 1.82) is 0 Å². The third kappa shape index (κ3) is 7.13. The summed E-state index contributed by atoms with van der Waals surface area (Å²) < 4.78 is 10.5. The van der Waals surface area contributed by atoms with Crippen LogP contribution in [0.15, 0.2) is 48.5 Å². The molecule has 2 aromatic rings. The number of nitrogens with zero attached hydrogens (tertiary/aromatic N) is 2. The lowest BCUT2D eigenvalue weighted by atomic mass is 10.1. The molecule has 2 N–H and O–H groups in total. The van der Waals surface area contributed by atoms with Crippen molar-refractivity contribution >= 4 is 29.3 Å². The summed E-state index contributed by atoms with van der Waals surface area (Å²) in [4.78, 5) is 39.2. The van der Waals surface area contributed by atoms with Crippen LogP contribution < -0.4 is 15.0 Å². The van der Waals surface area contributed by atoms with Crippen LogP contribution in [0.2, 0.25) is 0 Å². The van der Waals surface area contributed by atoms with E-state index in [-0.39, 0.29) is 12.0 Å². The third-order valence-electron chi connectivity index (χ3n) is 4.90. The van der Waals surface area contributed by atoms with Crippen molar-refractivity contribution in [3.63, 3.8) is 0 Å². The van der Waals surface area contributed by atoms with Gasteiger partial charge in [-0.05, 0) is 69.3 Å². The van der Waals surface area contributed by atoms with E-state index in [1.807, 2.05) is 32.9 Å². The molecule has 9 heteroatoms. The van der Waals surface area contributed by atoms with E-state index in [1.165, 1.54) is 0 Å². The molecule has 2 amide bonds. The van der Waals surface area contributed by atoms with Crippen LogP contribution in [0.3, 0.4) is 0 Å². The Morgan fingerprint density at radius 3 is 2.09 bits per heavy atom. The molecule has 176 valence electrons. The minimum atomic E-state index is -1.05. The highest BCUT2D eigenvalue weighted by Crippen LogP contribution is 2.20. The number of benzene rings is 2. The lowest BCUT2D eigenvalue weighted by molar-refractivity contribution is -0.139. The highest BCUT2D eigenvalue weighted by molar-refractivity contribution is 6.04. The van der Waals surface area contributed by atoms with Gasteiger partial charge in [-0.2, -0.15) is 0 Å². The van der Waals surface area contributed by atoms with Crippen LogP contribution in [0, 0.1) is 0 Å². The van der Waals surface area contributed by atoms with Crippen LogP contribution in [0.5, 0.6) is 5.75 Å². The third-order valence-corrected chi connectivity index (χ3v) is 4.90. The average Bonchev–Trinajstić information content (AvgIpc) is 2.77. The first-order valence-electron chi connectivity index (χ1n) is 10.7. The average molecular weight is 456 g/mol. The predicted molar refractivity (Wildman–Crippen MR) is 124 cm³/mol. The molecule has 1 aliphatic heterocycles. The van der Waals surface area contributed by atoms with E-state index in [1.54, 1.807) is 41.3 Å². The van der Waals surface area contributed by atoms with E-state index in [0.29, 0.717) is 43.2 Å². The monoisotopic (exact) mass is 455 g/mol. The Morgan fingerprint density at radius 1 is 0.939 bits per heavy atom. The number of aliphatic carboxylic acids is 1. The molecule has 1 fully saturated rings. The maximum absolute atomic E-state index is 12.5. The van der Waals surface area contributed by atoms with Gasteiger partial charge < -0.3 is 29.7 Å². The Hall–Kier alpha value is -3.75. The van der Waals surface area contributed by atoms with Crippen molar-refractivity contribution in [2.24, 2.45) is 0 Å². The van der Waals surface area contributed by atoms with Gasteiger partial charge in [0.25, 0.3) is 5.91 Å². The number of amides is 2. The maximum Gasteiger partial charge on any atom is 0.410 e. The molecule has 2 aromatic carbocycles. The summed E-state index contributed by atoms with van der Waals surface area (Å²) in [6.07, 6.45) is -0.296. The number of carbonyl (C=O) groups is 3. The van der Waals surface area contributed by atoms with Gasteiger partial charge in [0.15, 0.2) is 6.61 Å². The van der Waals surface area contributed by atoms with Crippen LogP contribution in [0.4, 0.5) is 16.2 Å². The Balaban J connectivity index is 1.51. The molecule has 0 unspecified atom stereocenters. The first-order valence-corrected chi connectivity index (χ1v) is 10.7. The summed E-state index contributed by atoms with van der Waals surface area (Å²) in [5.41, 5.74) is 1.55. The lowest BCUT2D eigenvalue weighted by Crippen LogP contribution is -2.50. The Bertz CT molecular complexity index is 975. The normalized spacial score (nSPS) is 13.9. The molecule has 1 heterocycles. The molecule has 0 aliphatic carbocycles. The van der Waals surface area contributed by atoms with Gasteiger partial charge >= 0.3 is 12.1 Å². The van der Waals surface area contributed by atoms with Crippen LogP contribution in [-0.4, -0.2) is 66.4 Å². The maximum atomic E-state index is 12.5. The highest BCUT2D eigenvalue weighted by Gasteiger charge is 2.26. The van der Waals surface area contributed by atoms with Crippen molar-refractivity contribution in [3.8, 4) is 5.75 Å². The molecule has 0 saturated carbocycles. The summed E-state index contributed by atoms with van der Waals surface area (Å²) in [6, 6.07) is 13.8. The largest absolute Gasteiger partial charge is 0.482 e. The van der Waals surface area contributed by atoms with Gasteiger partial charge in [0, 0.05) is 43.1 Å². The molecule has 1 saturated heterocycles. The second-order valence-corrected chi connectivity index (χ2v) is 8.66. The van der Waals surface area contributed by atoms with Gasteiger partial charge in [0.05, 0.1) is 0 Å². The predicted octanol–water partition coefficient (Wildman–Crippen LogP) is 3.46. The van der Waals surface area contributed by atoms with Crippen LogP contribution in [0.1, 0.15) is 31.1 Å². The summed E-state index contributed by atoms with van der Waals surface area (Å²) in [5, 5.41) is 11.4. The molecule has 0 aromatic heterocycles. The summed E-state index contributed by atoms with van der Waals surface area (Å²) in [6.45, 7) is 7.64. The van der Waals surface area contributed by atoms with Crippen molar-refractivity contribution in [1.82, 2.24) is 4.90 Å². The van der Waals surface area contributed by atoms with E-state index in [0.717, 1.165) is 5.69 Å². The van der Waals surface area contributed by atoms with Gasteiger partial charge in [-0.25, -0.2) is 9.59 Å². The van der Waals surface area contributed by atoms with Crippen molar-refractivity contribution in [2.45, 2.75) is 26.4 Å². The van der Waals surface area contributed by atoms with Crippen LogP contribution in [-0.2, 0) is 9.53 Å². The quantitative estimate of drug-likeness (QED) is 0.687. The minimum Gasteiger partial charge on any atom is -0.482 e. The SMILES string of the molecule is CC(C)(C)OC(=O)N1CCN(c2ccc(C(=O)Nc3ccc(OCC(=O)O)cc3)cc2)CC1. The summed E-state index contributed by atoms with van der Waals surface area (Å²) in [7, 11) is 0. The second-order valence-electron chi connectivity index (χ2n) is 8.66. The molecule has 3 rings (SSSR count). The zero-order valence-electron chi connectivity index (χ0n) is 19.0. The van der Waals surface area contributed by atoms with Gasteiger partial charge in [-0.3, -0.25) is 4.79 Å². The number of piperazine rings is 1. The number of hydrogen-bond donors (Lipinski definition) is 2. The van der Waals surface area contributed by atoms with Crippen LogP contribution in [0.25, 0.3) is 0 Å². The molecule has 0 bridgehead atoms. The van der Waals surface area contributed by atoms with Gasteiger partial charge in [-0.1, -0.05) is 0 Å². The number of nitrogens with one attached hydrogen (secondary N) is 1. The fourth-order valence-corrected chi connectivity index (χ4v) is 3.28. The molecule has 0 radical (unpaired) electrons. The molecule has 9 nitrogen and oxygen atoms in total. The second kappa shape index (κ2) is 10.2. The summed E-state index contributed by atoms with van der Waals surface area (Å²) in [5.74, 6) is -0.900. The zero-order chi connectivity index (χ0) is 24.0. The topological polar surface area (TPSA) is 108 Å². The van der Waals surface area contributed by atoms with Crippen molar-refractivity contribution in [3.05, 3.63) is 54.1 Å². The molecule has 33 heavy (non-hydrogen) atoms. The molecule has 1 aliphatic rings. The number of rotatable bonds is 6. The Kier molecular flexibility index (Phi) is 7.42. The molecular formula is C24H29N3O6. The number of carboxylic acids is 1. The fraction of sp³-hybridized carbons (Fsp3) is 0.375. The van der Waals surface area contributed by atoms with Gasteiger partial charge in [-0.15, -0.1) is 0 Å². The van der Waals surface area contributed by atoms with E-state index in [2.05, 4.69) is 10.2 Å². The number of anilines is 2. The van der Waals surface area contributed by atoms with Crippen LogP contribution >= 0.6 is 0 Å². The molecular weight excluding hydrogens is 426 g/mol. The summed E-state index contributed by atoms with van der Waals surface area (Å²) >= 11 is 0.